The van der Waals surface area contributed by atoms with E-state index in [0.29, 0.717) is 5.92 Å². The molecule has 2 atom stereocenters. The van der Waals surface area contributed by atoms with Gasteiger partial charge >= 0.3 is 0 Å². The Hall–Kier alpha value is -0.860. The van der Waals surface area contributed by atoms with Gasteiger partial charge in [0.1, 0.15) is 0 Å². The molecular formula is C11H15NO. The molecule has 0 aliphatic heterocycles. The van der Waals surface area contributed by atoms with E-state index >= 15 is 0 Å². The summed E-state index contributed by atoms with van der Waals surface area (Å²) in [7, 11) is 0. The monoisotopic (exact) mass is 177 g/mol. The summed E-state index contributed by atoms with van der Waals surface area (Å²) in [6, 6.07) is 9.59. The van der Waals surface area contributed by atoms with E-state index < -0.39 is 0 Å². The van der Waals surface area contributed by atoms with Gasteiger partial charge in [0, 0.05) is 0 Å². The van der Waals surface area contributed by atoms with Crippen LogP contribution in [-0.2, 0) is 0 Å². The van der Waals surface area contributed by atoms with Crippen LogP contribution < -0.4 is 5.73 Å². The minimum atomic E-state index is -0.359. The topological polar surface area (TPSA) is 46.2 Å². The lowest BCUT2D eigenvalue weighted by Crippen LogP contribution is -2.27. The van der Waals surface area contributed by atoms with Crippen LogP contribution in [0.5, 0.6) is 0 Å². The van der Waals surface area contributed by atoms with E-state index in [1.807, 2.05) is 30.3 Å². The third-order valence-electron chi connectivity index (χ3n) is 2.66. The zero-order valence-corrected chi connectivity index (χ0v) is 7.56. The number of rotatable bonds is 3. The second-order valence-electron chi connectivity index (χ2n) is 3.76. The molecule has 1 fully saturated rings. The predicted molar refractivity (Wildman–Crippen MR) is 52.1 cm³/mol. The third-order valence-corrected chi connectivity index (χ3v) is 2.66. The predicted octanol–water partition coefficient (Wildman–Crippen LogP) is 1.46. The van der Waals surface area contributed by atoms with Gasteiger partial charge in [-0.3, -0.25) is 0 Å². The van der Waals surface area contributed by atoms with Crippen molar-refractivity contribution < 1.29 is 5.11 Å². The Labute approximate surface area is 78.4 Å². The summed E-state index contributed by atoms with van der Waals surface area (Å²) in [4.78, 5) is 0. The lowest BCUT2D eigenvalue weighted by molar-refractivity contribution is 0.122. The van der Waals surface area contributed by atoms with E-state index in [-0.39, 0.29) is 12.1 Å². The van der Waals surface area contributed by atoms with Gasteiger partial charge in [-0.05, 0) is 24.3 Å². The second kappa shape index (κ2) is 3.48. The van der Waals surface area contributed by atoms with Gasteiger partial charge in [0.15, 0.2) is 0 Å². The number of hydrogen-bond donors (Lipinski definition) is 2. The van der Waals surface area contributed by atoms with Crippen LogP contribution in [0.2, 0.25) is 0 Å². The van der Waals surface area contributed by atoms with Gasteiger partial charge in [-0.25, -0.2) is 0 Å². The van der Waals surface area contributed by atoms with Crippen molar-refractivity contribution in [3.8, 4) is 0 Å². The fraction of sp³-hybridized carbons (Fsp3) is 0.455. The summed E-state index contributed by atoms with van der Waals surface area (Å²) in [5, 5.41) is 9.79. The highest BCUT2D eigenvalue weighted by molar-refractivity contribution is 5.20. The highest BCUT2D eigenvalue weighted by Crippen LogP contribution is 2.36. The van der Waals surface area contributed by atoms with E-state index in [1.54, 1.807) is 0 Å². The molecule has 13 heavy (non-hydrogen) atoms. The van der Waals surface area contributed by atoms with Gasteiger partial charge in [-0.1, -0.05) is 30.3 Å². The lowest BCUT2D eigenvalue weighted by atomic mass is 9.99. The van der Waals surface area contributed by atoms with Gasteiger partial charge < -0.3 is 10.8 Å². The Kier molecular flexibility index (Phi) is 2.34. The normalized spacial score (nSPS) is 21.1. The molecule has 3 N–H and O–H groups in total. The molecule has 0 spiro atoms. The minimum absolute atomic E-state index is 0.214. The molecule has 0 radical (unpaired) electrons. The average Bonchev–Trinajstić information content (AvgIpc) is 3.00. The number of nitrogens with two attached hydrogens (primary N) is 1. The smallest absolute Gasteiger partial charge is 0.0760 e. The maximum Gasteiger partial charge on any atom is 0.0760 e. The standard InChI is InChI=1S/C11H15NO/c12-10(11(13)9-6-7-9)8-4-2-1-3-5-8/h1-5,9-11,13H,6-7,12H2. The van der Waals surface area contributed by atoms with Crippen molar-refractivity contribution in [3.05, 3.63) is 35.9 Å². The summed E-state index contributed by atoms with van der Waals surface area (Å²) in [5.74, 6) is 0.440. The second-order valence-corrected chi connectivity index (χ2v) is 3.76. The van der Waals surface area contributed by atoms with E-state index in [1.165, 1.54) is 0 Å². The number of aliphatic hydroxyl groups is 1. The van der Waals surface area contributed by atoms with Crippen LogP contribution in [0.4, 0.5) is 0 Å². The van der Waals surface area contributed by atoms with Crippen LogP contribution in [0.3, 0.4) is 0 Å². The summed E-state index contributed by atoms with van der Waals surface area (Å²) in [5.41, 5.74) is 6.96. The molecule has 2 heteroatoms. The first-order valence-electron chi connectivity index (χ1n) is 4.77. The number of benzene rings is 1. The van der Waals surface area contributed by atoms with E-state index in [2.05, 4.69) is 0 Å². The zero-order valence-electron chi connectivity index (χ0n) is 7.56. The van der Waals surface area contributed by atoms with Gasteiger partial charge in [0.2, 0.25) is 0 Å². The highest BCUT2D eigenvalue weighted by Gasteiger charge is 2.33. The van der Waals surface area contributed by atoms with E-state index in [9.17, 15) is 5.11 Å². The Balaban J connectivity index is 2.07. The summed E-state index contributed by atoms with van der Waals surface area (Å²) >= 11 is 0. The van der Waals surface area contributed by atoms with Crippen LogP contribution in [-0.4, -0.2) is 11.2 Å². The van der Waals surface area contributed by atoms with E-state index in [4.69, 9.17) is 5.73 Å². The van der Waals surface area contributed by atoms with Crippen molar-refractivity contribution in [1.82, 2.24) is 0 Å². The quantitative estimate of drug-likeness (QED) is 0.734. The molecule has 0 aromatic heterocycles. The van der Waals surface area contributed by atoms with Gasteiger partial charge in [-0.2, -0.15) is 0 Å². The van der Waals surface area contributed by atoms with Crippen molar-refractivity contribution >= 4 is 0 Å². The molecular weight excluding hydrogens is 162 g/mol. The molecule has 0 bridgehead atoms. The van der Waals surface area contributed by atoms with Crippen molar-refractivity contribution in [2.75, 3.05) is 0 Å². The number of aliphatic hydroxyl groups excluding tert-OH is 1. The molecule has 1 aromatic carbocycles. The van der Waals surface area contributed by atoms with Crippen molar-refractivity contribution in [1.29, 1.82) is 0 Å². The fourth-order valence-electron chi connectivity index (χ4n) is 1.60. The maximum absolute atomic E-state index is 9.79. The summed E-state index contributed by atoms with van der Waals surface area (Å²) in [6.45, 7) is 0. The molecule has 0 heterocycles. The van der Waals surface area contributed by atoms with Crippen LogP contribution >= 0.6 is 0 Å². The van der Waals surface area contributed by atoms with Crippen molar-refractivity contribution in [2.24, 2.45) is 11.7 Å². The molecule has 70 valence electrons. The first kappa shape index (κ1) is 8.73. The zero-order chi connectivity index (χ0) is 9.26. The van der Waals surface area contributed by atoms with Crippen molar-refractivity contribution in [3.63, 3.8) is 0 Å². The van der Waals surface area contributed by atoms with Gasteiger partial charge in [0.05, 0.1) is 12.1 Å². The molecule has 1 saturated carbocycles. The Morgan fingerprint density at radius 1 is 1.23 bits per heavy atom. The molecule has 0 saturated heterocycles. The molecule has 2 rings (SSSR count). The Morgan fingerprint density at radius 3 is 2.38 bits per heavy atom. The van der Waals surface area contributed by atoms with Crippen LogP contribution in [0.15, 0.2) is 30.3 Å². The molecule has 1 aliphatic carbocycles. The molecule has 2 unspecified atom stereocenters. The first-order chi connectivity index (χ1) is 6.29. The molecule has 0 amide bonds. The third kappa shape index (κ3) is 1.90. The number of hydrogen-bond acceptors (Lipinski definition) is 2. The van der Waals surface area contributed by atoms with Crippen LogP contribution in [0, 0.1) is 5.92 Å². The molecule has 2 nitrogen and oxygen atoms in total. The fourth-order valence-corrected chi connectivity index (χ4v) is 1.60. The lowest BCUT2D eigenvalue weighted by Gasteiger charge is -2.18. The average molecular weight is 177 g/mol. The van der Waals surface area contributed by atoms with Gasteiger partial charge in [-0.15, -0.1) is 0 Å². The highest BCUT2D eigenvalue weighted by atomic mass is 16.3. The van der Waals surface area contributed by atoms with E-state index in [0.717, 1.165) is 18.4 Å². The van der Waals surface area contributed by atoms with Crippen LogP contribution in [0.1, 0.15) is 24.4 Å². The van der Waals surface area contributed by atoms with Gasteiger partial charge in [0.25, 0.3) is 0 Å². The summed E-state index contributed by atoms with van der Waals surface area (Å²) in [6.07, 6.45) is 1.89. The Morgan fingerprint density at radius 2 is 1.85 bits per heavy atom. The Bertz CT molecular complexity index is 269. The molecule has 1 aromatic rings. The largest absolute Gasteiger partial charge is 0.391 e. The maximum atomic E-state index is 9.79. The summed E-state index contributed by atoms with van der Waals surface area (Å²) < 4.78 is 0. The minimum Gasteiger partial charge on any atom is -0.391 e. The van der Waals surface area contributed by atoms with Crippen molar-refractivity contribution in [2.45, 2.75) is 25.0 Å². The van der Waals surface area contributed by atoms with Crippen LogP contribution in [0.25, 0.3) is 0 Å². The SMILES string of the molecule is NC(c1ccccc1)C(O)C1CC1. The molecule has 1 aliphatic rings. The first-order valence-corrected chi connectivity index (χ1v) is 4.77.